The van der Waals surface area contributed by atoms with Crippen molar-refractivity contribution < 1.29 is 4.74 Å². The molecule has 1 aliphatic heterocycles. The normalized spacial score (nSPS) is 17.4. The van der Waals surface area contributed by atoms with Gasteiger partial charge in [0.15, 0.2) is 0 Å². The second-order valence-corrected chi connectivity index (χ2v) is 4.50. The largest absolute Gasteiger partial charge is 0.377 e. The van der Waals surface area contributed by atoms with Crippen LogP contribution in [0.2, 0.25) is 0 Å². The summed E-state index contributed by atoms with van der Waals surface area (Å²) in [5.41, 5.74) is 5.65. The molecule has 1 aromatic heterocycles. The third kappa shape index (κ3) is 3.22. The Morgan fingerprint density at radius 2 is 2.50 bits per heavy atom. The number of hydrogen-bond acceptors (Lipinski definition) is 5. The van der Waals surface area contributed by atoms with E-state index in [4.69, 9.17) is 10.5 Å². The first-order chi connectivity index (χ1) is 8.85. The van der Waals surface area contributed by atoms with E-state index in [2.05, 4.69) is 20.4 Å². The van der Waals surface area contributed by atoms with Crippen molar-refractivity contribution in [2.75, 3.05) is 38.1 Å². The van der Waals surface area contributed by atoms with Gasteiger partial charge in [0, 0.05) is 38.9 Å². The first-order valence-electron chi connectivity index (χ1n) is 6.65. The van der Waals surface area contributed by atoms with Crippen LogP contribution in [0.4, 0.5) is 5.82 Å². The minimum Gasteiger partial charge on any atom is -0.377 e. The molecule has 0 amide bonds. The molecule has 2 rings (SSSR count). The Morgan fingerprint density at radius 1 is 1.67 bits per heavy atom. The van der Waals surface area contributed by atoms with Crippen LogP contribution in [0, 0.1) is 0 Å². The fourth-order valence-electron chi connectivity index (χ4n) is 2.06. The minimum atomic E-state index is 0.143. The van der Waals surface area contributed by atoms with E-state index in [0.29, 0.717) is 19.2 Å². The van der Waals surface area contributed by atoms with Crippen molar-refractivity contribution in [3.05, 3.63) is 12.3 Å². The molecule has 1 aliphatic rings. The number of aromatic nitrogens is 2. The number of hydrogen-bond donors (Lipinski definition) is 3. The van der Waals surface area contributed by atoms with E-state index in [0.717, 1.165) is 31.9 Å². The van der Waals surface area contributed by atoms with Gasteiger partial charge >= 0.3 is 0 Å². The van der Waals surface area contributed by atoms with Crippen molar-refractivity contribution >= 4 is 5.82 Å². The van der Waals surface area contributed by atoms with Crippen LogP contribution in [0.5, 0.6) is 0 Å². The first-order valence-corrected chi connectivity index (χ1v) is 6.65. The second kappa shape index (κ2) is 6.72. The first kappa shape index (κ1) is 13.3. The zero-order valence-corrected chi connectivity index (χ0v) is 10.9. The Morgan fingerprint density at radius 3 is 3.11 bits per heavy atom. The van der Waals surface area contributed by atoms with E-state index >= 15 is 0 Å². The quantitative estimate of drug-likeness (QED) is 0.616. The molecule has 102 valence electrons. The van der Waals surface area contributed by atoms with Gasteiger partial charge in [0.2, 0.25) is 0 Å². The van der Waals surface area contributed by atoms with Crippen LogP contribution in [-0.2, 0) is 4.74 Å². The summed E-state index contributed by atoms with van der Waals surface area (Å²) in [6.45, 7) is 6.14. The molecule has 6 nitrogen and oxygen atoms in total. The van der Waals surface area contributed by atoms with Crippen LogP contribution in [-0.4, -0.2) is 48.7 Å². The van der Waals surface area contributed by atoms with Crippen LogP contribution in [0.15, 0.2) is 12.3 Å². The zero-order chi connectivity index (χ0) is 12.8. The summed E-state index contributed by atoms with van der Waals surface area (Å²) in [4.78, 5) is 0. The van der Waals surface area contributed by atoms with E-state index in [-0.39, 0.29) is 6.10 Å². The molecule has 0 spiro atoms. The highest BCUT2D eigenvalue weighted by Gasteiger charge is 2.21. The summed E-state index contributed by atoms with van der Waals surface area (Å²) >= 11 is 0. The van der Waals surface area contributed by atoms with Crippen molar-refractivity contribution in [2.24, 2.45) is 5.73 Å². The molecule has 1 fully saturated rings. The summed E-state index contributed by atoms with van der Waals surface area (Å²) < 4.78 is 7.57. The minimum absolute atomic E-state index is 0.143. The van der Waals surface area contributed by atoms with Gasteiger partial charge in [-0.25, -0.2) is 4.68 Å². The van der Waals surface area contributed by atoms with Gasteiger partial charge in [-0.3, -0.25) is 0 Å². The van der Waals surface area contributed by atoms with Crippen molar-refractivity contribution in [2.45, 2.75) is 25.5 Å². The number of nitrogens with zero attached hydrogens (tertiary/aromatic N) is 2. The van der Waals surface area contributed by atoms with Crippen molar-refractivity contribution in [3.63, 3.8) is 0 Å². The van der Waals surface area contributed by atoms with Crippen LogP contribution in [0.25, 0.3) is 0 Å². The smallest absolute Gasteiger partial charge is 0.124 e. The summed E-state index contributed by atoms with van der Waals surface area (Å²) in [7, 11) is 0. The monoisotopic (exact) mass is 253 g/mol. The molecule has 1 unspecified atom stereocenters. The van der Waals surface area contributed by atoms with E-state index in [1.54, 1.807) is 0 Å². The van der Waals surface area contributed by atoms with E-state index < -0.39 is 0 Å². The summed E-state index contributed by atoms with van der Waals surface area (Å²) in [6.07, 6.45) is 2.89. The lowest BCUT2D eigenvalue weighted by molar-refractivity contribution is 0.0655. The summed E-state index contributed by atoms with van der Waals surface area (Å²) in [5.74, 6) is 1.08. The molecular formula is C12H23N5O. The van der Waals surface area contributed by atoms with Gasteiger partial charge in [0.05, 0.1) is 18.3 Å². The third-order valence-electron chi connectivity index (χ3n) is 3.21. The van der Waals surface area contributed by atoms with Gasteiger partial charge < -0.3 is 21.1 Å². The third-order valence-corrected chi connectivity index (χ3v) is 3.21. The van der Waals surface area contributed by atoms with E-state index in [9.17, 15) is 0 Å². The lowest BCUT2D eigenvalue weighted by atomic mass is 10.2. The average Bonchev–Trinajstić information content (AvgIpc) is 2.74. The molecule has 18 heavy (non-hydrogen) atoms. The molecule has 1 atom stereocenters. The standard InChI is InChI=1S/C12H23N5O/c1-2-18-11(7-13)3-5-15-12-4-6-16-17(12)10-8-14-9-10/h4,6,10-11,14-15H,2-3,5,7-9,13H2,1H3. The van der Waals surface area contributed by atoms with Crippen molar-refractivity contribution in [1.82, 2.24) is 15.1 Å². The van der Waals surface area contributed by atoms with E-state index in [1.807, 2.05) is 19.2 Å². The molecule has 0 saturated carbocycles. The number of ether oxygens (including phenoxy) is 1. The van der Waals surface area contributed by atoms with Crippen LogP contribution in [0.3, 0.4) is 0 Å². The molecule has 6 heteroatoms. The van der Waals surface area contributed by atoms with Gasteiger partial charge in [-0.15, -0.1) is 0 Å². The van der Waals surface area contributed by atoms with E-state index in [1.165, 1.54) is 0 Å². The molecule has 0 radical (unpaired) electrons. The fourth-order valence-corrected chi connectivity index (χ4v) is 2.06. The number of nitrogens with two attached hydrogens (primary N) is 1. The lowest BCUT2D eigenvalue weighted by Gasteiger charge is -2.29. The maximum atomic E-state index is 5.65. The highest BCUT2D eigenvalue weighted by Crippen LogP contribution is 2.17. The molecule has 2 heterocycles. The fraction of sp³-hybridized carbons (Fsp3) is 0.750. The van der Waals surface area contributed by atoms with Crippen molar-refractivity contribution in [3.8, 4) is 0 Å². The Bertz CT molecular complexity index is 350. The molecule has 0 bridgehead atoms. The average molecular weight is 253 g/mol. The summed E-state index contributed by atoms with van der Waals surface area (Å²) in [6, 6.07) is 2.50. The second-order valence-electron chi connectivity index (χ2n) is 4.50. The Hall–Kier alpha value is -1.11. The lowest BCUT2D eigenvalue weighted by Crippen LogP contribution is -2.44. The van der Waals surface area contributed by atoms with Crippen LogP contribution >= 0.6 is 0 Å². The van der Waals surface area contributed by atoms with Crippen LogP contribution in [0.1, 0.15) is 19.4 Å². The van der Waals surface area contributed by atoms with Gasteiger partial charge in [-0.05, 0) is 13.3 Å². The predicted octanol–water partition coefficient (Wildman–Crippen LogP) is 0.193. The molecular weight excluding hydrogens is 230 g/mol. The molecule has 0 aromatic carbocycles. The zero-order valence-electron chi connectivity index (χ0n) is 10.9. The maximum absolute atomic E-state index is 5.65. The Kier molecular flexibility index (Phi) is 4.98. The number of nitrogens with one attached hydrogen (secondary N) is 2. The van der Waals surface area contributed by atoms with Crippen LogP contribution < -0.4 is 16.4 Å². The topological polar surface area (TPSA) is 77.1 Å². The predicted molar refractivity (Wildman–Crippen MR) is 71.7 cm³/mol. The Balaban J connectivity index is 1.77. The van der Waals surface area contributed by atoms with Gasteiger partial charge in [0.25, 0.3) is 0 Å². The number of rotatable bonds is 8. The Labute approximate surface area is 108 Å². The van der Waals surface area contributed by atoms with Crippen molar-refractivity contribution in [1.29, 1.82) is 0 Å². The molecule has 1 aromatic rings. The molecule has 0 aliphatic carbocycles. The van der Waals surface area contributed by atoms with Gasteiger partial charge in [-0.1, -0.05) is 0 Å². The highest BCUT2D eigenvalue weighted by molar-refractivity contribution is 5.34. The highest BCUT2D eigenvalue weighted by atomic mass is 16.5. The maximum Gasteiger partial charge on any atom is 0.124 e. The van der Waals surface area contributed by atoms with Gasteiger partial charge in [0.1, 0.15) is 5.82 Å². The van der Waals surface area contributed by atoms with Gasteiger partial charge in [-0.2, -0.15) is 5.10 Å². The summed E-state index contributed by atoms with van der Waals surface area (Å²) in [5, 5.41) is 11.0. The molecule has 1 saturated heterocycles. The SMILES string of the molecule is CCOC(CN)CCNc1ccnn1C1CNC1. The number of anilines is 1. The molecule has 4 N–H and O–H groups in total.